The number of carbonyl (C=O) groups excluding carboxylic acids is 1. The molecule has 3 rings (SSSR count). The molecule has 0 amide bonds. The van der Waals surface area contributed by atoms with Gasteiger partial charge in [-0.15, -0.1) is 0 Å². The van der Waals surface area contributed by atoms with E-state index in [0.29, 0.717) is 18.2 Å². The van der Waals surface area contributed by atoms with Gasteiger partial charge in [0.05, 0.1) is 6.10 Å². The normalized spacial score (nSPS) is 19.0. The third-order valence-electron chi connectivity index (χ3n) is 5.23. The molecule has 3 nitrogen and oxygen atoms in total. The van der Waals surface area contributed by atoms with Gasteiger partial charge < -0.3 is 9.16 Å². The van der Waals surface area contributed by atoms with Gasteiger partial charge in [-0.1, -0.05) is 97.4 Å². The van der Waals surface area contributed by atoms with Crippen LogP contribution in [-0.4, -0.2) is 31.8 Å². The highest BCUT2D eigenvalue weighted by molar-refractivity contribution is 9.09. The molecule has 2 aromatic carbocycles. The fraction of sp³-hybridized carbons (Fsp3) is 0.409. The van der Waals surface area contributed by atoms with Crippen molar-refractivity contribution in [2.24, 2.45) is 0 Å². The minimum absolute atomic E-state index is 0.0985. The summed E-state index contributed by atoms with van der Waals surface area (Å²) < 4.78 is 12.6. The molecule has 5 heteroatoms. The Morgan fingerprint density at radius 3 is 1.96 bits per heavy atom. The topological polar surface area (TPSA) is 35.5 Å². The van der Waals surface area contributed by atoms with Crippen molar-refractivity contribution in [2.45, 2.75) is 50.9 Å². The molecule has 0 unspecified atom stereocenters. The second-order valence-corrected chi connectivity index (χ2v) is 12.9. The van der Waals surface area contributed by atoms with E-state index in [1.165, 1.54) is 10.4 Å². The van der Waals surface area contributed by atoms with Crippen molar-refractivity contribution in [1.82, 2.24) is 0 Å². The number of benzene rings is 2. The van der Waals surface area contributed by atoms with Crippen molar-refractivity contribution in [3.8, 4) is 0 Å². The van der Waals surface area contributed by atoms with E-state index in [0.717, 1.165) is 0 Å². The van der Waals surface area contributed by atoms with E-state index in [9.17, 15) is 4.79 Å². The number of halogens is 1. The van der Waals surface area contributed by atoms with E-state index >= 15 is 0 Å². The van der Waals surface area contributed by atoms with E-state index in [-0.39, 0.29) is 23.2 Å². The van der Waals surface area contributed by atoms with Gasteiger partial charge in [-0.2, -0.15) is 0 Å². The number of carbonyl (C=O) groups is 1. The molecule has 0 aromatic heterocycles. The molecule has 1 saturated heterocycles. The lowest BCUT2D eigenvalue weighted by Crippen LogP contribution is -2.68. The van der Waals surface area contributed by atoms with Gasteiger partial charge in [0.1, 0.15) is 6.10 Å². The maximum absolute atomic E-state index is 11.7. The molecule has 144 valence electrons. The van der Waals surface area contributed by atoms with E-state index in [1.807, 2.05) is 12.1 Å². The lowest BCUT2D eigenvalue weighted by atomic mass is 10.1. The predicted molar refractivity (Wildman–Crippen MR) is 115 cm³/mol. The second kappa shape index (κ2) is 8.29. The van der Waals surface area contributed by atoms with Crippen molar-refractivity contribution >= 4 is 40.6 Å². The number of esters is 1. The first-order valence-electron chi connectivity index (χ1n) is 9.43. The van der Waals surface area contributed by atoms with Gasteiger partial charge in [-0.3, -0.25) is 4.79 Å². The highest BCUT2D eigenvalue weighted by Crippen LogP contribution is 2.38. The summed E-state index contributed by atoms with van der Waals surface area (Å²) in [7, 11) is -2.64. The third kappa shape index (κ3) is 4.05. The van der Waals surface area contributed by atoms with Gasteiger partial charge in [-0.05, 0) is 21.8 Å². The Morgan fingerprint density at radius 1 is 1.07 bits per heavy atom. The molecule has 0 radical (unpaired) electrons. The number of ether oxygens (including phenoxy) is 1. The minimum Gasteiger partial charge on any atom is -0.460 e. The first-order valence-corrected chi connectivity index (χ1v) is 12.5. The van der Waals surface area contributed by atoms with Gasteiger partial charge in [0.25, 0.3) is 8.32 Å². The summed E-state index contributed by atoms with van der Waals surface area (Å²) in [4.78, 5) is 11.7. The van der Waals surface area contributed by atoms with Crippen LogP contribution in [0.3, 0.4) is 0 Å². The average Bonchev–Trinajstić information content (AvgIpc) is 3.09. The Bertz CT molecular complexity index is 719. The van der Waals surface area contributed by atoms with Crippen LogP contribution in [0.25, 0.3) is 0 Å². The van der Waals surface area contributed by atoms with Gasteiger partial charge in [0.2, 0.25) is 0 Å². The van der Waals surface area contributed by atoms with Crippen LogP contribution in [0.2, 0.25) is 5.04 Å². The van der Waals surface area contributed by atoms with Crippen LogP contribution >= 0.6 is 15.9 Å². The van der Waals surface area contributed by atoms with Gasteiger partial charge in [0, 0.05) is 11.8 Å². The monoisotopic (exact) mass is 446 g/mol. The van der Waals surface area contributed by atoms with Gasteiger partial charge in [0.15, 0.2) is 0 Å². The minimum atomic E-state index is -2.64. The smallest absolute Gasteiger partial charge is 0.306 e. The highest BCUT2D eigenvalue weighted by atomic mass is 79.9. The molecule has 1 aliphatic rings. The van der Waals surface area contributed by atoms with Crippen molar-refractivity contribution in [3.63, 3.8) is 0 Å². The Labute approximate surface area is 171 Å². The average molecular weight is 447 g/mol. The van der Waals surface area contributed by atoms with Crippen LogP contribution in [0.15, 0.2) is 60.7 Å². The van der Waals surface area contributed by atoms with Crippen LogP contribution in [0, 0.1) is 0 Å². The summed E-state index contributed by atoms with van der Waals surface area (Å²) in [5.41, 5.74) is 0. The van der Waals surface area contributed by atoms with Gasteiger partial charge >= 0.3 is 5.97 Å². The Kier molecular flexibility index (Phi) is 6.24. The first kappa shape index (κ1) is 20.3. The molecule has 0 bridgehead atoms. The van der Waals surface area contributed by atoms with Crippen molar-refractivity contribution < 1.29 is 14.0 Å². The van der Waals surface area contributed by atoms with Crippen molar-refractivity contribution in [2.75, 3.05) is 5.33 Å². The molecule has 0 saturated carbocycles. The standard InChI is InChI=1S/C22H27BrO3Si/c1-22(2,3)27(17-10-6-4-7-11-17,18-12-8-5-9-13-18)26-20(16-23)19-14-15-21(24)25-19/h4-13,19-20H,14-16H2,1-3H3/t19-,20-/m0/s1. The molecule has 2 atom stereocenters. The molecule has 0 N–H and O–H groups in total. The summed E-state index contributed by atoms with van der Waals surface area (Å²) >= 11 is 3.62. The largest absolute Gasteiger partial charge is 0.460 e. The number of hydrogen-bond acceptors (Lipinski definition) is 3. The molecular weight excluding hydrogens is 420 g/mol. The summed E-state index contributed by atoms with van der Waals surface area (Å²) in [6, 6.07) is 21.1. The van der Waals surface area contributed by atoms with E-state index in [4.69, 9.17) is 9.16 Å². The quantitative estimate of drug-likeness (QED) is 0.381. The van der Waals surface area contributed by atoms with Crippen molar-refractivity contribution in [3.05, 3.63) is 60.7 Å². The number of hydrogen-bond donors (Lipinski definition) is 0. The molecule has 2 aromatic rings. The molecule has 27 heavy (non-hydrogen) atoms. The fourth-order valence-corrected chi connectivity index (χ4v) is 9.43. The molecular formula is C22H27BrO3Si. The summed E-state index contributed by atoms with van der Waals surface area (Å²) in [6.45, 7) is 6.77. The molecule has 1 aliphatic heterocycles. The first-order chi connectivity index (χ1) is 12.9. The Balaban J connectivity index is 2.12. The maximum atomic E-state index is 11.7. The number of rotatable bonds is 6. The zero-order chi connectivity index (χ0) is 19.5. The summed E-state index contributed by atoms with van der Waals surface area (Å²) in [5, 5.41) is 3.01. The van der Waals surface area contributed by atoms with Crippen LogP contribution in [0.4, 0.5) is 0 Å². The third-order valence-corrected chi connectivity index (χ3v) is 10.9. The maximum Gasteiger partial charge on any atom is 0.306 e. The van der Waals surface area contributed by atoms with Crippen LogP contribution in [0.5, 0.6) is 0 Å². The van der Waals surface area contributed by atoms with Crippen LogP contribution in [-0.2, 0) is 14.0 Å². The van der Waals surface area contributed by atoms with E-state index in [1.54, 1.807) is 0 Å². The lowest BCUT2D eigenvalue weighted by molar-refractivity contribution is -0.144. The molecule has 0 spiro atoms. The summed E-state index contributed by atoms with van der Waals surface area (Å²) in [5.74, 6) is -0.128. The number of alkyl halides is 1. The van der Waals surface area contributed by atoms with Crippen molar-refractivity contribution in [1.29, 1.82) is 0 Å². The van der Waals surface area contributed by atoms with E-state index < -0.39 is 8.32 Å². The molecule has 1 heterocycles. The second-order valence-electron chi connectivity index (χ2n) is 8.04. The zero-order valence-electron chi connectivity index (χ0n) is 16.2. The van der Waals surface area contributed by atoms with Gasteiger partial charge in [-0.25, -0.2) is 0 Å². The van der Waals surface area contributed by atoms with E-state index in [2.05, 4.69) is 85.2 Å². The lowest BCUT2D eigenvalue weighted by Gasteiger charge is -2.45. The SMILES string of the molecule is CC(C)(C)[Si](O[C@@H](CBr)[C@@H]1CCC(=O)O1)(c1ccccc1)c1ccccc1. The predicted octanol–water partition coefficient (Wildman–Crippen LogP) is 4.03. The highest BCUT2D eigenvalue weighted by Gasteiger charge is 2.52. The Morgan fingerprint density at radius 2 is 1.59 bits per heavy atom. The molecule has 1 fully saturated rings. The van der Waals surface area contributed by atoms with Crippen LogP contribution in [0.1, 0.15) is 33.6 Å². The zero-order valence-corrected chi connectivity index (χ0v) is 18.7. The Hall–Kier alpha value is -1.43. The molecule has 0 aliphatic carbocycles. The number of cyclic esters (lactones) is 1. The fourth-order valence-electron chi connectivity index (χ4n) is 3.93. The summed E-state index contributed by atoms with van der Waals surface area (Å²) in [6.07, 6.45) is 0.812. The van der Waals surface area contributed by atoms with Crippen LogP contribution < -0.4 is 10.4 Å².